The fraction of sp³-hybridized carbons (Fsp3) is 0.600. The van der Waals surface area contributed by atoms with Crippen LogP contribution in [-0.4, -0.2) is 27.5 Å². The molecule has 0 amide bonds. The van der Waals surface area contributed by atoms with E-state index in [1.54, 1.807) is 6.07 Å². The van der Waals surface area contributed by atoms with Gasteiger partial charge in [0.05, 0.1) is 8.68 Å². The van der Waals surface area contributed by atoms with Crippen molar-refractivity contribution in [2.45, 2.75) is 30.7 Å². The smallest absolute Gasteiger partial charge is 0.241 e. The van der Waals surface area contributed by atoms with Gasteiger partial charge in [0.15, 0.2) is 0 Å². The number of hydrogen-bond acceptors (Lipinski definition) is 4. The number of rotatable bonds is 3. The Labute approximate surface area is 114 Å². The molecule has 0 saturated carbocycles. The molecule has 0 bridgehead atoms. The van der Waals surface area contributed by atoms with E-state index in [0.717, 1.165) is 28.0 Å². The minimum Gasteiger partial charge on any atom is -0.315 e. The molecule has 96 valence electrons. The lowest BCUT2D eigenvalue weighted by Crippen LogP contribution is -2.45. The Morgan fingerprint density at radius 3 is 2.88 bits per heavy atom. The van der Waals surface area contributed by atoms with Crippen molar-refractivity contribution < 1.29 is 8.42 Å². The molecule has 0 radical (unpaired) electrons. The summed E-state index contributed by atoms with van der Waals surface area (Å²) in [4.78, 5) is 1.20. The maximum absolute atomic E-state index is 12.2. The maximum atomic E-state index is 12.2. The summed E-state index contributed by atoms with van der Waals surface area (Å²) in [5, 5.41) is 3.20. The van der Waals surface area contributed by atoms with E-state index in [4.69, 9.17) is 0 Å². The molecule has 1 aliphatic heterocycles. The standard InChI is InChI=1S/C10H15BrN2O2S2/c1-7-9(5-10(11)16-7)17(14,15)13-8-3-2-4-12-6-8/h5,8,12-13H,2-4,6H2,1H3/t8-/m0/s1. The van der Waals surface area contributed by atoms with Gasteiger partial charge in [-0.15, -0.1) is 11.3 Å². The summed E-state index contributed by atoms with van der Waals surface area (Å²) in [5.41, 5.74) is 0. The lowest BCUT2D eigenvalue weighted by atomic mass is 10.1. The van der Waals surface area contributed by atoms with Gasteiger partial charge in [-0.3, -0.25) is 0 Å². The quantitative estimate of drug-likeness (QED) is 0.884. The van der Waals surface area contributed by atoms with Crippen molar-refractivity contribution in [2.24, 2.45) is 0 Å². The molecule has 7 heteroatoms. The van der Waals surface area contributed by atoms with E-state index < -0.39 is 10.0 Å². The Bertz CT molecular complexity index is 492. The van der Waals surface area contributed by atoms with Crippen LogP contribution < -0.4 is 10.0 Å². The van der Waals surface area contributed by atoms with Crippen LogP contribution in [0.2, 0.25) is 0 Å². The van der Waals surface area contributed by atoms with E-state index in [1.807, 2.05) is 6.92 Å². The lowest BCUT2D eigenvalue weighted by Gasteiger charge is -2.23. The van der Waals surface area contributed by atoms with Gasteiger partial charge in [0, 0.05) is 17.5 Å². The van der Waals surface area contributed by atoms with Crippen molar-refractivity contribution in [3.8, 4) is 0 Å². The maximum Gasteiger partial charge on any atom is 0.241 e. The molecule has 1 aromatic heterocycles. The van der Waals surface area contributed by atoms with Crippen molar-refractivity contribution in [3.05, 3.63) is 14.7 Å². The second-order valence-corrected chi connectivity index (χ2v) is 8.45. The Kier molecular flexibility index (Phi) is 4.25. The summed E-state index contributed by atoms with van der Waals surface area (Å²) in [5.74, 6) is 0. The predicted octanol–water partition coefficient (Wildman–Crippen LogP) is 1.85. The van der Waals surface area contributed by atoms with Crippen LogP contribution in [0.1, 0.15) is 17.7 Å². The molecule has 2 rings (SSSR count). The first kappa shape index (κ1) is 13.5. The second-order valence-electron chi connectivity index (χ2n) is 4.14. The highest BCUT2D eigenvalue weighted by Gasteiger charge is 2.24. The van der Waals surface area contributed by atoms with Crippen molar-refractivity contribution in [1.82, 2.24) is 10.0 Å². The third-order valence-corrected chi connectivity index (χ3v) is 6.08. The molecule has 1 aromatic rings. The molecule has 0 aliphatic carbocycles. The zero-order valence-electron chi connectivity index (χ0n) is 9.49. The van der Waals surface area contributed by atoms with Crippen LogP contribution in [0.15, 0.2) is 14.7 Å². The number of aryl methyl sites for hydroxylation is 1. The molecule has 1 aliphatic rings. The van der Waals surface area contributed by atoms with Crippen LogP contribution in [0.3, 0.4) is 0 Å². The molecule has 0 spiro atoms. The number of thiophene rings is 1. The third kappa shape index (κ3) is 3.29. The summed E-state index contributed by atoms with van der Waals surface area (Å²) in [6.45, 7) is 3.51. The number of sulfonamides is 1. The minimum atomic E-state index is -3.38. The molecule has 0 aromatic carbocycles. The normalized spacial score (nSPS) is 21.6. The molecule has 1 saturated heterocycles. The number of nitrogens with one attached hydrogen (secondary N) is 2. The molecule has 2 N–H and O–H groups in total. The SMILES string of the molecule is Cc1sc(Br)cc1S(=O)(=O)N[C@H]1CCCNC1. The summed E-state index contributed by atoms with van der Waals surface area (Å²) in [7, 11) is -3.38. The molecule has 2 heterocycles. The lowest BCUT2D eigenvalue weighted by molar-refractivity contribution is 0.428. The molecular formula is C10H15BrN2O2S2. The van der Waals surface area contributed by atoms with E-state index in [9.17, 15) is 8.42 Å². The summed E-state index contributed by atoms with van der Waals surface area (Å²) >= 11 is 4.75. The zero-order valence-corrected chi connectivity index (χ0v) is 12.7. The number of hydrogen-bond donors (Lipinski definition) is 2. The first-order chi connectivity index (χ1) is 7.99. The Balaban J connectivity index is 2.15. The first-order valence-electron chi connectivity index (χ1n) is 5.48. The van der Waals surface area contributed by atoms with E-state index in [-0.39, 0.29) is 6.04 Å². The topological polar surface area (TPSA) is 58.2 Å². The second kappa shape index (κ2) is 5.36. The van der Waals surface area contributed by atoms with Gasteiger partial charge in [-0.25, -0.2) is 13.1 Å². The molecule has 17 heavy (non-hydrogen) atoms. The van der Waals surface area contributed by atoms with Crippen LogP contribution in [-0.2, 0) is 10.0 Å². The van der Waals surface area contributed by atoms with Gasteiger partial charge < -0.3 is 5.32 Å². The monoisotopic (exact) mass is 338 g/mol. The van der Waals surface area contributed by atoms with Crippen LogP contribution in [0.4, 0.5) is 0 Å². The van der Waals surface area contributed by atoms with Crippen LogP contribution in [0.5, 0.6) is 0 Å². The Morgan fingerprint density at radius 1 is 1.59 bits per heavy atom. The van der Waals surface area contributed by atoms with Crippen LogP contribution in [0.25, 0.3) is 0 Å². The van der Waals surface area contributed by atoms with E-state index in [2.05, 4.69) is 26.0 Å². The number of halogens is 1. The van der Waals surface area contributed by atoms with Gasteiger partial charge in [0.25, 0.3) is 0 Å². The van der Waals surface area contributed by atoms with E-state index in [1.165, 1.54) is 11.3 Å². The fourth-order valence-electron chi connectivity index (χ4n) is 1.93. The highest BCUT2D eigenvalue weighted by molar-refractivity contribution is 9.11. The van der Waals surface area contributed by atoms with Crippen molar-refractivity contribution in [3.63, 3.8) is 0 Å². The van der Waals surface area contributed by atoms with Gasteiger partial charge >= 0.3 is 0 Å². The van der Waals surface area contributed by atoms with Gasteiger partial charge in [-0.2, -0.15) is 0 Å². The number of piperidine rings is 1. The van der Waals surface area contributed by atoms with E-state index >= 15 is 0 Å². The van der Waals surface area contributed by atoms with Crippen LogP contribution >= 0.6 is 27.3 Å². The first-order valence-corrected chi connectivity index (χ1v) is 8.57. The van der Waals surface area contributed by atoms with E-state index in [0.29, 0.717) is 11.4 Å². The fourth-order valence-corrected chi connectivity index (χ4v) is 5.62. The molecule has 1 atom stereocenters. The molecule has 1 fully saturated rings. The minimum absolute atomic E-state index is 0.00632. The van der Waals surface area contributed by atoms with Gasteiger partial charge in [-0.05, 0) is 48.3 Å². The van der Waals surface area contributed by atoms with Crippen molar-refractivity contribution >= 4 is 37.3 Å². The van der Waals surface area contributed by atoms with Gasteiger partial charge in [0.1, 0.15) is 0 Å². The predicted molar refractivity (Wildman–Crippen MR) is 73.0 cm³/mol. The van der Waals surface area contributed by atoms with Gasteiger partial charge in [0.2, 0.25) is 10.0 Å². The summed E-state index contributed by atoms with van der Waals surface area (Å²) in [6, 6.07) is 1.67. The summed E-state index contributed by atoms with van der Waals surface area (Å²) < 4.78 is 28.0. The average Bonchev–Trinajstić information content (AvgIpc) is 2.59. The summed E-state index contributed by atoms with van der Waals surface area (Å²) in [6.07, 6.45) is 1.91. The third-order valence-electron chi connectivity index (χ3n) is 2.75. The Hall–Kier alpha value is 0.0500. The highest BCUT2D eigenvalue weighted by atomic mass is 79.9. The largest absolute Gasteiger partial charge is 0.315 e. The molecule has 0 unspecified atom stereocenters. The highest BCUT2D eigenvalue weighted by Crippen LogP contribution is 2.29. The molecule has 4 nitrogen and oxygen atoms in total. The zero-order chi connectivity index (χ0) is 12.5. The van der Waals surface area contributed by atoms with Crippen molar-refractivity contribution in [1.29, 1.82) is 0 Å². The van der Waals surface area contributed by atoms with Gasteiger partial charge in [-0.1, -0.05) is 0 Å². The Morgan fingerprint density at radius 2 is 2.35 bits per heavy atom. The average molecular weight is 339 g/mol. The van der Waals surface area contributed by atoms with Crippen molar-refractivity contribution in [2.75, 3.05) is 13.1 Å². The van der Waals surface area contributed by atoms with Crippen LogP contribution in [0, 0.1) is 6.92 Å². The molecular weight excluding hydrogens is 324 g/mol.